The molecular weight excluding hydrogens is 262 g/mol. The van der Waals surface area contributed by atoms with E-state index in [4.69, 9.17) is 16.3 Å². The van der Waals surface area contributed by atoms with Gasteiger partial charge in [-0.25, -0.2) is 4.98 Å². The van der Waals surface area contributed by atoms with Crippen molar-refractivity contribution in [3.05, 3.63) is 53.1 Å². The minimum Gasteiger partial charge on any atom is -0.492 e. The number of fused-ring (bicyclic) bond motifs is 1. The van der Waals surface area contributed by atoms with E-state index in [9.17, 15) is 0 Å². The van der Waals surface area contributed by atoms with Gasteiger partial charge in [0.1, 0.15) is 17.5 Å². The summed E-state index contributed by atoms with van der Waals surface area (Å²) in [6.45, 7) is 3.18. The van der Waals surface area contributed by atoms with Crippen molar-refractivity contribution in [2.45, 2.75) is 13.1 Å². The topological polar surface area (TPSA) is 38.2 Å². The molecule has 1 aromatic carbocycles. The first-order valence-electron chi connectivity index (χ1n) is 6.21. The summed E-state index contributed by atoms with van der Waals surface area (Å²) < 4.78 is 5.74. The maximum absolute atomic E-state index is 5.74. The van der Waals surface area contributed by atoms with E-state index in [0.717, 1.165) is 31.1 Å². The number of benzene rings is 1. The zero-order valence-electron chi connectivity index (χ0n) is 10.4. The van der Waals surface area contributed by atoms with E-state index in [1.54, 1.807) is 12.4 Å². The summed E-state index contributed by atoms with van der Waals surface area (Å²) in [5.41, 5.74) is 2.13. The molecule has 0 amide bonds. The van der Waals surface area contributed by atoms with E-state index in [2.05, 4.69) is 20.9 Å². The highest BCUT2D eigenvalue weighted by Gasteiger charge is 2.15. The third-order valence-electron chi connectivity index (χ3n) is 3.09. The summed E-state index contributed by atoms with van der Waals surface area (Å²) in [4.78, 5) is 10.6. The van der Waals surface area contributed by atoms with Gasteiger partial charge in [0.05, 0.1) is 18.1 Å². The lowest BCUT2D eigenvalue weighted by Gasteiger charge is -2.18. The molecule has 1 aliphatic heterocycles. The summed E-state index contributed by atoms with van der Waals surface area (Å²) >= 11 is 5.74. The fraction of sp³-hybridized carbons (Fsp3) is 0.286. The Morgan fingerprint density at radius 1 is 1.21 bits per heavy atom. The maximum Gasteiger partial charge on any atom is 0.147 e. The SMILES string of the molecule is Clc1cnc(CN2CCOc3ccccc3C2)cn1. The largest absolute Gasteiger partial charge is 0.492 e. The van der Waals surface area contributed by atoms with E-state index in [1.807, 2.05) is 18.2 Å². The van der Waals surface area contributed by atoms with Crippen LogP contribution in [0.25, 0.3) is 0 Å². The van der Waals surface area contributed by atoms with Crippen molar-refractivity contribution in [2.75, 3.05) is 13.2 Å². The maximum atomic E-state index is 5.74. The van der Waals surface area contributed by atoms with Gasteiger partial charge in [-0.2, -0.15) is 0 Å². The van der Waals surface area contributed by atoms with Gasteiger partial charge in [-0.15, -0.1) is 0 Å². The molecule has 0 saturated carbocycles. The van der Waals surface area contributed by atoms with Crippen LogP contribution >= 0.6 is 11.6 Å². The van der Waals surface area contributed by atoms with Crippen LogP contribution in [0.1, 0.15) is 11.3 Å². The molecule has 2 heterocycles. The Bertz CT molecular complexity index is 559. The van der Waals surface area contributed by atoms with Crippen LogP contribution in [-0.4, -0.2) is 28.0 Å². The Morgan fingerprint density at radius 3 is 2.95 bits per heavy atom. The third kappa shape index (κ3) is 3.03. The monoisotopic (exact) mass is 275 g/mol. The van der Waals surface area contributed by atoms with Crippen molar-refractivity contribution in [1.82, 2.24) is 14.9 Å². The fourth-order valence-corrected chi connectivity index (χ4v) is 2.26. The molecule has 5 heteroatoms. The first kappa shape index (κ1) is 12.4. The molecule has 0 aliphatic carbocycles. The van der Waals surface area contributed by atoms with Gasteiger partial charge in [-0.3, -0.25) is 9.88 Å². The molecule has 0 N–H and O–H groups in total. The molecule has 1 aromatic heterocycles. The van der Waals surface area contributed by atoms with E-state index in [0.29, 0.717) is 11.8 Å². The van der Waals surface area contributed by atoms with Gasteiger partial charge in [-0.1, -0.05) is 29.8 Å². The van der Waals surface area contributed by atoms with Gasteiger partial charge in [0, 0.05) is 25.2 Å². The Morgan fingerprint density at radius 2 is 2.11 bits per heavy atom. The normalized spacial score (nSPS) is 15.4. The molecule has 4 nitrogen and oxygen atoms in total. The zero-order valence-corrected chi connectivity index (χ0v) is 11.2. The van der Waals surface area contributed by atoms with Crippen molar-refractivity contribution >= 4 is 11.6 Å². The number of nitrogens with zero attached hydrogens (tertiary/aromatic N) is 3. The zero-order chi connectivity index (χ0) is 13.1. The number of hydrogen-bond donors (Lipinski definition) is 0. The van der Waals surface area contributed by atoms with E-state index >= 15 is 0 Å². The summed E-state index contributed by atoms with van der Waals surface area (Å²) in [5.74, 6) is 0.979. The number of aromatic nitrogens is 2. The van der Waals surface area contributed by atoms with Crippen LogP contribution in [0.5, 0.6) is 5.75 Å². The molecule has 98 valence electrons. The number of para-hydroxylation sites is 1. The fourth-order valence-electron chi connectivity index (χ4n) is 2.16. The summed E-state index contributed by atoms with van der Waals surface area (Å²) in [6, 6.07) is 8.15. The lowest BCUT2D eigenvalue weighted by Crippen LogP contribution is -2.25. The molecular formula is C14H14ClN3O. The Balaban J connectivity index is 1.74. The molecule has 19 heavy (non-hydrogen) atoms. The van der Waals surface area contributed by atoms with Crippen molar-refractivity contribution in [3.8, 4) is 5.75 Å². The average molecular weight is 276 g/mol. The van der Waals surface area contributed by atoms with Gasteiger partial charge in [0.2, 0.25) is 0 Å². The quantitative estimate of drug-likeness (QED) is 0.844. The van der Waals surface area contributed by atoms with Crippen LogP contribution < -0.4 is 4.74 Å². The van der Waals surface area contributed by atoms with Gasteiger partial charge < -0.3 is 4.74 Å². The summed E-state index contributed by atoms with van der Waals surface area (Å²) in [5, 5.41) is 0.424. The van der Waals surface area contributed by atoms with Gasteiger partial charge in [-0.05, 0) is 6.07 Å². The second-order valence-corrected chi connectivity index (χ2v) is 4.88. The molecule has 0 spiro atoms. The Kier molecular flexibility index (Phi) is 3.62. The Hall–Kier alpha value is -1.65. The minimum atomic E-state index is 0.424. The Labute approximate surface area is 117 Å². The number of halogens is 1. The van der Waals surface area contributed by atoms with Crippen LogP contribution in [0.15, 0.2) is 36.7 Å². The molecule has 0 radical (unpaired) electrons. The number of rotatable bonds is 2. The molecule has 0 saturated heterocycles. The van der Waals surface area contributed by atoms with Crippen LogP contribution in [0, 0.1) is 0 Å². The van der Waals surface area contributed by atoms with Crippen molar-refractivity contribution < 1.29 is 4.74 Å². The number of hydrogen-bond acceptors (Lipinski definition) is 4. The van der Waals surface area contributed by atoms with Gasteiger partial charge >= 0.3 is 0 Å². The second-order valence-electron chi connectivity index (χ2n) is 4.50. The first-order valence-corrected chi connectivity index (χ1v) is 6.58. The lowest BCUT2D eigenvalue weighted by atomic mass is 10.2. The van der Waals surface area contributed by atoms with Crippen molar-refractivity contribution in [1.29, 1.82) is 0 Å². The lowest BCUT2D eigenvalue weighted by molar-refractivity contribution is 0.217. The van der Waals surface area contributed by atoms with E-state index in [-0.39, 0.29) is 0 Å². The summed E-state index contributed by atoms with van der Waals surface area (Å²) in [7, 11) is 0. The molecule has 0 fully saturated rings. The molecule has 3 rings (SSSR count). The molecule has 0 unspecified atom stereocenters. The number of ether oxygens (including phenoxy) is 1. The van der Waals surface area contributed by atoms with Crippen molar-refractivity contribution in [3.63, 3.8) is 0 Å². The standard InChI is InChI=1S/C14H14ClN3O/c15-14-8-16-12(7-17-14)10-18-5-6-19-13-4-2-1-3-11(13)9-18/h1-4,7-8H,5-6,9-10H2. The minimum absolute atomic E-state index is 0.424. The van der Waals surface area contributed by atoms with Gasteiger partial charge in [0.15, 0.2) is 0 Å². The molecule has 0 bridgehead atoms. The first-order chi connectivity index (χ1) is 9.31. The van der Waals surface area contributed by atoms with E-state index in [1.165, 1.54) is 5.56 Å². The molecule has 1 aliphatic rings. The van der Waals surface area contributed by atoms with Crippen LogP contribution in [-0.2, 0) is 13.1 Å². The highest BCUT2D eigenvalue weighted by molar-refractivity contribution is 6.29. The molecule has 0 atom stereocenters. The van der Waals surface area contributed by atoms with Crippen LogP contribution in [0.4, 0.5) is 0 Å². The predicted octanol–water partition coefficient (Wildman–Crippen LogP) is 2.52. The second kappa shape index (κ2) is 5.55. The average Bonchev–Trinajstić information content (AvgIpc) is 2.63. The molecule has 2 aromatic rings. The highest BCUT2D eigenvalue weighted by atomic mass is 35.5. The van der Waals surface area contributed by atoms with Crippen LogP contribution in [0.3, 0.4) is 0 Å². The summed E-state index contributed by atoms with van der Waals surface area (Å²) in [6.07, 6.45) is 3.30. The smallest absolute Gasteiger partial charge is 0.147 e. The van der Waals surface area contributed by atoms with E-state index < -0.39 is 0 Å². The highest BCUT2D eigenvalue weighted by Crippen LogP contribution is 2.23. The third-order valence-corrected chi connectivity index (χ3v) is 3.29. The van der Waals surface area contributed by atoms with Crippen LogP contribution in [0.2, 0.25) is 5.15 Å². The van der Waals surface area contributed by atoms with Crippen molar-refractivity contribution in [2.24, 2.45) is 0 Å². The predicted molar refractivity (Wildman–Crippen MR) is 73.1 cm³/mol. The van der Waals surface area contributed by atoms with Gasteiger partial charge in [0.25, 0.3) is 0 Å².